The second-order valence-corrected chi connectivity index (χ2v) is 9.12. The van der Waals surface area contributed by atoms with E-state index in [1.54, 1.807) is 12.1 Å². The largest absolute Gasteiger partial charge is 0.495 e. The number of hydrogen-bond acceptors (Lipinski definition) is 5. The van der Waals surface area contributed by atoms with Crippen LogP contribution in [0.15, 0.2) is 59.5 Å². The van der Waals surface area contributed by atoms with Crippen LogP contribution in [0.5, 0.6) is 11.5 Å². The molecule has 0 unspecified atom stereocenters. The average molecular weight is 469 g/mol. The molecular formula is C25H25ClN2O3S. The van der Waals surface area contributed by atoms with Crippen LogP contribution in [0.25, 0.3) is 0 Å². The molecule has 7 heteroatoms. The van der Waals surface area contributed by atoms with Crippen LogP contribution in [-0.2, 0) is 6.54 Å². The minimum absolute atomic E-state index is 0.224. The number of fused-ring (bicyclic) bond motifs is 1. The molecular weight excluding hydrogens is 444 g/mol. The fourth-order valence-electron chi connectivity index (χ4n) is 3.64. The Morgan fingerprint density at radius 3 is 2.53 bits per heavy atom. The normalized spacial score (nSPS) is 12.8. The first kappa shape index (κ1) is 22.4. The molecule has 32 heavy (non-hydrogen) atoms. The van der Waals surface area contributed by atoms with Gasteiger partial charge in [0.25, 0.3) is 5.91 Å². The summed E-state index contributed by atoms with van der Waals surface area (Å²) in [5, 5.41) is 3.32. The average Bonchev–Trinajstić information content (AvgIpc) is 2.80. The number of carbonyl (C=O) groups is 1. The van der Waals surface area contributed by atoms with Crippen molar-refractivity contribution in [3.8, 4) is 11.5 Å². The zero-order valence-corrected chi connectivity index (χ0v) is 19.8. The Bertz CT molecular complexity index is 1130. The van der Waals surface area contributed by atoms with Crippen molar-refractivity contribution >= 4 is 40.6 Å². The standard InChI is InChI=1S/C25H25ClN2O3S/c1-16-4-6-17(7-5-16)15-28-10-11-32-24-9-8-18(12-21(24)28)25(29)27-20-13-19(26)22(30-2)14-23(20)31-3/h4-9,12-14H,10-11,15H2,1-3H3,(H,27,29). The van der Waals surface area contributed by atoms with E-state index in [2.05, 4.69) is 41.4 Å². The summed E-state index contributed by atoms with van der Waals surface area (Å²) in [6.07, 6.45) is 0. The summed E-state index contributed by atoms with van der Waals surface area (Å²) in [4.78, 5) is 16.6. The summed E-state index contributed by atoms with van der Waals surface area (Å²) in [6.45, 7) is 3.83. The topological polar surface area (TPSA) is 50.8 Å². The van der Waals surface area contributed by atoms with Gasteiger partial charge in [-0.15, -0.1) is 11.8 Å². The van der Waals surface area contributed by atoms with Crippen molar-refractivity contribution in [3.63, 3.8) is 0 Å². The minimum Gasteiger partial charge on any atom is -0.495 e. The highest BCUT2D eigenvalue weighted by atomic mass is 35.5. The summed E-state index contributed by atoms with van der Waals surface area (Å²) < 4.78 is 10.6. The molecule has 5 nitrogen and oxygen atoms in total. The van der Waals surface area contributed by atoms with Gasteiger partial charge >= 0.3 is 0 Å². The lowest BCUT2D eigenvalue weighted by molar-refractivity contribution is 0.102. The molecule has 0 spiro atoms. The number of hydrogen-bond donors (Lipinski definition) is 1. The van der Waals surface area contributed by atoms with Crippen LogP contribution >= 0.6 is 23.4 Å². The lowest BCUT2D eigenvalue weighted by Crippen LogP contribution is -2.29. The van der Waals surface area contributed by atoms with Gasteiger partial charge in [-0.25, -0.2) is 0 Å². The smallest absolute Gasteiger partial charge is 0.255 e. The van der Waals surface area contributed by atoms with Crippen LogP contribution in [-0.4, -0.2) is 32.4 Å². The van der Waals surface area contributed by atoms with E-state index in [1.807, 2.05) is 30.0 Å². The van der Waals surface area contributed by atoms with Gasteiger partial charge in [0, 0.05) is 35.4 Å². The molecule has 0 bridgehead atoms. The molecule has 0 aliphatic carbocycles. The van der Waals surface area contributed by atoms with Gasteiger partial charge in [0.2, 0.25) is 0 Å². The Balaban J connectivity index is 1.58. The van der Waals surface area contributed by atoms with Crippen molar-refractivity contribution in [2.75, 3.05) is 36.7 Å². The highest BCUT2D eigenvalue weighted by molar-refractivity contribution is 7.99. The molecule has 3 aromatic rings. The maximum Gasteiger partial charge on any atom is 0.255 e. The van der Waals surface area contributed by atoms with E-state index in [9.17, 15) is 4.79 Å². The zero-order valence-electron chi connectivity index (χ0n) is 18.3. The Hall–Kier alpha value is -2.83. The monoisotopic (exact) mass is 468 g/mol. The predicted octanol–water partition coefficient (Wildman–Crippen LogP) is 6.03. The second kappa shape index (κ2) is 9.76. The van der Waals surface area contributed by atoms with Gasteiger partial charge < -0.3 is 19.7 Å². The van der Waals surface area contributed by atoms with Crippen molar-refractivity contribution in [2.45, 2.75) is 18.4 Å². The molecule has 0 saturated carbocycles. The van der Waals surface area contributed by atoms with E-state index < -0.39 is 0 Å². The molecule has 1 heterocycles. The molecule has 1 aliphatic heterocycles. The molecule has 1 aliphatic rings. The third-order valence-corrected chi connectivity index (χ3v) is 6.74. The Labute approximate surface area is 197 Å². The van der Waals surface area contributed by atoms with Gasteiger partial charge in [0.1, 0.15) is 11.5 Å². The lowest BCUT2D eigenvalue weighted by atomic mass is 10.1. The van der Waals surface area contributed by atoms with E-state index in [4.69, 9.17) is 21.1 Å². The molecule has 0 saturated heterocycles. The van der Waals surface area contributed by atoms with E-state index >= 15 is 0 Å². The zero-order chi connectivity index (χ0) is 22.7. The van der Waals surface area contributed by atoms with Gasteiger partial charge in [0.05, 0.1) is 30.6 Å². The van der Waals surface area contributed by atoms with Crippen molar-refractivity contribution < 1.29 is 14.3 Å². The van der Waals surface area contributed by atoms with Gasteiger partial charge in [-0.3, -0.25) is 4.79 Å². The molecule has 0 atom stereocenters. The fourth-order valence-corrected chi connectivity index (χ4v) is 4.92. The molecule has 0 aromatic heterocycles. The van der Waals surface area contributed by atoms with Crippen LogP contribution in [0.3, 0.4) is 0 Å². The Morgan fingerprint density at radius 2 is 1.81 bits per heavy atom. The first-order valence-electron chi connectivity index (χ1n) is 10.3. The number of halogens is 1. The quantitative estimate of drug-likeness (QED) is 0.478. The number of rotatable bonds is 6. The SMILES string of the molecule is COc1cc(OC)c(NC(=O)c2ccc3c(c2)N(Cc2ccc(C)cc2)CCS3)cc1Cl. The molecule has 0 fully saturated rings. The van der Waals surface area contributed by atoms with E-state index in [0.717, 1.165) is 24.5 Å². The number of anilines is 2. The van der Waals surface area contributed by atoms with Crippen LogP contribution in [0, 0.1) is 6.92 Å². The number of methoxy groups -OCH3 is 2. The molecule has 4 rings (SSSR count). The van der Waals surface area contributed by atoms with E-state index in [-0.39, 0.29) is 5.91 Å². The molecule has 3 aromatic carbocycles. The Morgan fingerprint density at radius 1 is 1.06 bits per heavy atom. The number of amides is 1. The molecule has 0 radical (unpaired) electrons. The van der Waals surface area contributed by atoms with E-state index in [0.29, 0.717) is 27.8 Å². The van der Waals surface area contributed by atoms with Crippen LogP contribution in [0.2, 0.25) is 5.02 Å². The predicted molar refractivity (Wildman–Crippen MR) is 132 cm³/mol. The summed E-state index contributed by atoms with van der Waals surface area (Å²) >= 11 is 8.06. The van der Waals surface area contributed by atoms with Gasteiger partial charge in [-0.2, -0.15) is 0 Å². The fraction of sp³-hybridized carbons (Fsp3) is 0.240. The van der Waals surface area contributed by atoms with Crippen LogP contribution in [0.4, 0.5) is 11.4 Å². The lowest BCUT2D eigenvalue weighted by Gasteiger charge is -2.31. The number of nitrogens with zero attached hydrogens (tertiary/aromatic N) is 1. The number of thioether (sulfide) groups is 1. The molecule has 166 valence electrons. The summed E-state index contributed by atoms with van der Waals surface area (Å²) in [5.74, 6) is 1.76. The van der Waals surface area contributed by atoms with Crippen LogP contribution in [0.1, 0.15) is 21.5 Å². The van der Waals surface area contributed by atoms with Crippen molar-refractivity contribution in [2.24, 2.45) is 0 Å². The first-order valence-corrected chi connectivity index (χ1v) is 11.6. The highest BCUT2D eigenvalue weighted by Gasteiger charge is 2.21. The number of aryl methyl sites for hydroxylation is 1. The third-order valence-electron chi connectivity index (χ3n) is 5.40. The summed E-state index contributed by atoms with van der Waals surface area (Å²) in [5.41, 5.74) is 4.65. The highest BCUT2D eigenvalue weighted by Crippen LogP contribution is 2.38. The van der Waals surface area contributed by atoms with Gasteiger partial charge in [0.15, 0.2) is 0 Å². The number of ether oxygens (including phenoxy) is 2. The second-order valence-electron chi connectivity index (χ2n) is 7.58. The molecule has 1 N–H and O–H groups in total. The summed E-state index contributed by atoms with van der Waals surface area (Å²) in [6, 6.07) is 17.7. The number of carbonyl (C=O) groups excluding carboxylic acids is 1. The van der Waals surface area contributed by atoms with Crippen molar-refractivity contribution in [1.82, 2.24) is 0 Å². The summed E-state index contributed by atoms with van der Waals surface area (Å²) in [7, 11) is 3.07. The number of benzene rings is 3. The maximum absolute atomic E-state index is 13.1. The Kier molecular flexibility index (Phi) is 6.82. The van der Waals surface area contributed by atoms with Crippen LogP contribution < -0.4 is 19.7 Å². The van der Waals surface area contributed by atoms with Gasteiger partial charge in [-0.05, 0) is 36.8 Å². The van der Waals surface area contributed by atoms with Gasteiger partial charge in [-0.1, -0.05) is 41.4 Å². The first-order chi connectivity index (χ1) is 15.5. The van der Waals surface area contributed by atoms with E-state index in [1.165, 1.54) is 30.2 Å². The minimum atomic E-state index is -0.224. The third kappa shape index (κ3) is 4.81. The van der Waals surface area contributed by atoms with Crippen molar-refractivity contribution in [1.29, 1.82) is 0 Å². The molecule has 1 amide bonds. The number of nitrogens with one attached hydrogen (secondary N) is 1. The maximum atomic E-state index is 13.1. The van der Waals surface area contributed by atoms with Crippen molar-refractivity contribution in [3.05, 3.63) is 76.3 Å².